The quantitative estimate of drug-likeness (QED) is 0.790. The van der Waals surface area contributed by atoms with Crippen molar-refractivity contribution in [1.29, 1.82) is 0 Å². The van der Waals surface area contributed by atoms with Gasteiger partial charge in [-0.3, -0.25) is 0 Å². The van der Waals surface area contributed by atoms with Crippen LogP contribution < -0.4 is 4.90 Å². The molecule has 0 aromatic carbocycles. The van der Waals surface area contributed by atoms with Crippen molar-refractivity contribution < 1.29 is 4.74 Å². The van der Waals surface area contributed by atoms with Crippen LogP contribution in [0.5, 0.6) is 0 Å². The van der Waals surface area contributed by atoms with Crippen molar-refractivity contribution >= 4 is 29.0 Å². The van der Waals surface area contributed by atoms with E-state index in [1.54, 1.807) is 6.20 Å². The summed E-state index contributed by atoms with van der Waals surface area (Å²) in [4.78, 5) is 6.53. The molecule has 1 aliphatic rings. The van der Waals surface area contributed by atoms with Gasteiger partial charge in [-0.05, 0) is 25.0 Å². The second-order valence-electron chi connectivity index (χ2n) is 4.06. The fourth-order valence-corrected chi connectivity index (χ4v) is 2.39. The number of rotatable bonds is 4. The molecular formula is C12H16Cl2N2O. The monoisotopic (exact) mass is 274 g/mol. The van der Waals surface area contributed by atoms with E-state index in [0.29, 0.717) is 23.6 Å². The lowest BCUT2D eigenvalue weighted by molar-refractivity contribution is 0.0471. The van der Waals surface area contributed by atoms with Gasteiger partial charge in [-0.1, -0.05) is 11.6 Å². The zero-order valence-electron chi connectivity index (χ0n) is 9.61. The van der Waals surface area contributed by atoms with Crippen LogP contribution in [0.15, 0.2) is 18.3 Å². The molecule has 0 amide bonds. The molecule has 0 N–H and O–H groups in total. The minimum atomic E-state index is 0.326. The van der Waals surface area contributed by atoms with Crippen molar-refractivity contribution in [2.75, 3.05) is 30.5 Å². The predicted octanol–water partition coefficient (Wildman–Crippen LogP) is 2.96. The maximum Gasteiger partial charge on any atom is 0.147 e. The molecule has 1 aliphatic heterocycles. The molecule has 2 rings (SSSR count). The molecule has 17 heavy (non-hydrogen) atoms. The fourth-order valence-electron chi connectivity index (χ4n) is 2.06. The Bertz CT molecular complexity index is 354. The van der Waals surface area contributed by atoms with Crippen LogP contribution in [-0.4, -0.2) is 36.7 Å². The van der Waals surface area contributed by atoms with Gasteiger partial charge in [0.1, 0.15) is 5.82 Å². The van der Waals surface area contributed by atoms with E-state index in [1.807, 2.05) is 12.1 Å². The summed E-state index contributed by atoms with van der Waals surface area (Å²) in [7, 11) is 0. The second kappa shape index (κ2) is 6.43. The summed E-state index contributed by atoms with van der Waals surface area (Å²) in [5, 5.41) is 0.715. The van der Waals surface area contributed by atoms with E-state index < -0.39 is 0 Å². The van der Waals surface area contributed by atoms with Gasteiger partial charge in [0.25, 0.3) is 0 Å². The van der Waals surface area contributed by atoms with Crippen LogP contribution in [0, 0.1) is 0 Å². The molecule has 0 spiro atoms. The van der Waals surface area contributed by atoms with Crippen molar-refractivity contribution in [2.45, 2.75) is 18.9 Å². The molecule has 1 aromatic rings. The standard InChI is InChI=1S/C12H16Cl2N2O/c13-5-9-17-10-3-7-16(8-4-10)12-11(14)2-1-6-15-12/h1-2,6,10H,3-5,7-9H2. The highest BCUT2D eigenvalue weighted by molar-refractivity contribution is 6.32. The van der Waals surface area contributed by atoms with Gasteiger partial charge < -0.3 is 9.64 Å². The number of halogens is 2. The van der Waals surface area contributed by atoms with Crippen LogP contribution in [0.1, 0.15) is 12.8 Å². The lowest BCUT2D eigenvalue weighted by Crippen LogP contribution is -2.37. The molecule has 2 heterocycles. The number of alkyl halides is 1. The Morgan fingerprint density at radius 3 is 2.82 bits per heavy atom. The number of hydrogen-bond donors (Lipinski definition) is 0. The molecule has 0 saturated carbocycles. The van der Waals surface area contributed by atoms with Gasteiger partial charge >= 0.3 is 0 Å². The maximum absolute atomic E-state index is 6.12. The zero-order valence-corrected chi connectivity index (χ0v) is 11.1. The molecule has 0 bridgehead atoms. The first-order valence-corrected chi connectivity index (χ1v) is 6.75. The lowest BCUT2D eigenvalue weighted by Gasteiger charge is -2.33. The van der Waals surface area contributed by atoms with E-state index in [4.69, 9.17) is 27.9 Å². The first-order chi connectivity index (χ1) is 8.31. The number of anilines is 1. The van der Waals surface area contributed by atoms with Crippen LogP contribution in [-0.2, 0) is 4.74 Å². The Morgan fingerprint density at radius 1 is 1.41 bits per heavy atom. The van der Waals surface area contributed by atoms with Gasteiger partial charge in [0.05, 0.1) is 17.7 Å². The third kappa shape index (κ3) is 3.47. The molecule has 1 aromatic heterocycles. The van der Waals surface area contributed by atoms with E-state index in [9.17, 15) is 0 Å². The number of nitrogens with zero attached hydrogens (tertiary/aromatic N) is 2. The molecule has 0 atom stereocenters. The van der Waals surface area contributed by atoms with E-state index in [-0.39, 0.29) is 0 Å². The highest BCUT2D eigenvalue weighted by Gasteiger charge is 2.21. The molecule has 0 radical (unpaired) electrons. The van der Waals surface area contributed by atoms with Gasteiger partial charge in [-0.25, -0.2) is 4.98 Å². The molecule has 0 unspecified atom stereocenters. The Hall–Kier alpha value is -0.510. The largest absolute Gasteiger partial charge is 0.377 e. The third-order valence-electron chi connectivity index (χ3n) is 2.91. The summed E-state index contributed by atoms with van der Waals surface area (Å²) in [6.45, 7) is 2.50. The number of piperidine rings is 1. The minimum absolute atomic E-state index is 0.326. The Morgan fingerprint density at radius 2 is 2.18 bits per heavy atom. The van der Waals surface area contributed by atoms with Gasteiger partial charge in [0, 0.05) is 25.2 Å². The number of pyridine rings is 1. The summed E-state index contributed by atoms with van der Waals surface area (Å²) in [5.41, 5.74) is 0. The maximum atomic E-state index is 6.12. The van der Waals surface area contributed by atoms with Crippen LogP contribution in [0.25, 0.3) is 0 Å². The number of hydrogen-bond acceptors (Lipinski definition) is 3. The van der Waals surface area contributed by atoms with Gasteiger partial charge in [0.15, 0.2) is 0 Å². The van der Waals surface area contributed by atoms with Crippen LogP contribution in [0.2, 0.25) is 5.02 Å². The molecule has 0 aliphatic carbocycles. The first-order valence-electron chi connectivity index (χ1n) is 5.84. The number of aromatic nitrogens is 1. The summed E-state index contributed by atoms with van der Waals surface area (Å²) < 4.78 is 5.63. The van der Waals surface area contributed by atoms with Crippen LogP contribution >= 0.6 is 23.2 Å². The van der Waals surface area contributed by atoms with Crippen LogP contribution in [0.3, 0.4) is 0 Å². The van der Waals surface area contributed by atoms with Crippen molar-refractivity contribution in [3.63, 3.8) is 0 Å². The number of ether oxygens (including phenoxy) is 1. The molecular weight excluding hydrogens is 259 g/mol. The molecule has 3 nitrogen and oxygen atoms in total. The van der Waals surface area contributed by atoms with E-state index in [2.05, 4.69) is 9.88 Å². The van der Waals surface area contributed by atoms with Crippen molar-refractivity contribution in [2.24, 2.45) is 0 Å². The van der Waals surface area contributed by atoms with Crippen molar-refractivity contribution in [3.8, 4) is 0 Å². The van der Waals surface area contributed by atoms with E-state index in [1.165, 1.54) is 0 Å². The normalized spacial score (nSPS) is 17.4. The SMILES string of the molecule is ClCCOC1CCN(c2ncccc2Cl)CC1. The third-order valence-corrected chi connectivity index (χ3v) is 3.36. The van der Waals surface area contributed by atoms with Gasteiger partial charge in [-0.15, -0.1) is 11.6 Å². The Labute approximate surface area is 112 Å². The molecule has 5 heteroatoms. The summed E-state index contributed by atoms with van der Waals surface area (Å²) in [6.07, 6.45) is 4.11. The van der Waals surface area contributed by atoms with Gasteiger partial charge in [0.2, 0.25) is 0 Å². The summed E-state index contributed by atoms with van der Waals surface area (Å²) >= 11 is 11.7. The average molecular weight is 275 g/mol. The molecule has 94 valence electrons. The van der Waals surface area contributed by atoms with E-state index >= 15 is 0 Å². The smallest absolute Gasteiger partial charge is 0.147 e. The zero-order chi connectivity index (χ0) is 12.1. The molecule has 1 fully saturated rings. The van der Waals surface area contributed by atoms with Crippen molar-refractivity contribution in [1.82, 2.24) is 4.98 Å². The predicted molar refractivity (Wildman–Crippen MR) is 71.2 cm³/mol. The van der Waals surface area contributed by atoms with Crippen molar-refractivity contribution in [3.05, 3.63) is 23.4 Å². The average Bonchev–Trinajstić information content (AvgIpc) is 2.38. The van der Waals surface area contributed by atoms with Gasteiger partial charge in [-0.2, -0.15) is 0 Å². The fraction of sp³-hybridized carbons (Fsp3) is 0.583. The van der Waals surface area contributed by atoms with Crippen LogP contribution in [0.4, 0.5) is 5.82 Å². The Kier molecular flexibility index (Phi) is 4.89. The Balaban J connectivity index is 1.89. The summed E-state index contributed by atoms with van der Waals surface area (Å²) in [6, 6.07) is 3.72. The minimum Gasteiger partial charge on any atom is -0.377 e. The molecule has 1 saturated heterocycles. The second-order valence-corrected chi connectivity index (χ2v) is 4.84. The van der Waals surface area contributed by atoms with E-state index in [0.717, 1.165) is 31.7 Å². The highest BCUT2D eigenvalue weighted by Crippen LogP contribution is 2.25. The summed E-state index contributed by atoms with van der Waals surface area (Å²) in [5.74, 6) is 1.44. The highest BCUT2D eigenvalue weighted by atomic mass is 35.5. The lowest BCUT2D eigenvalue weighted by atomic mass is 10.1. The topological polar surface area (TPSA) is 25.4 Å². The first kappa shape index (κ1) is 12.9.